The van der Waals surface area contributed by atoms with E-state index in [0.29, 0.717) is 12.3 Å². The Labute approximate surface area is 137 Å². The van der Waals surface area contributed by atoms with Crippen molar-refractivity contribution < 1.29 is 14.3 Å². The minimum absolute atomic E-state index is 0.109. The van der Waals surface area contributed by atoms with E-state index in [0.717, 1.165) is 24.9 Å². The molecular formula is C19H25NO3. The topological polar surface area (TPSA) is 55.4 Å². The third kappa shape index (κ3) is 5.23. The van der Waals surface area contributed by atoms with E-state index >= 15 is 0 Å². The van der Waals surface area contributed by atoms with Gasteiger partial charge in [0.25, 0.3) is 5.91 Å². The molecule has 0 saturated heterocycles. The van der Waals surface area contributed by atoms with Crippen LogP contribution in [-0.2, 0) is 14.3 Å². The molecule has 4 heteroatoms. The number of hydrogen-bond acceptors (Lipinski definition) is 3. The van der Waals surface area contributed by atoms with E-state index in [1.165, 1.54) is 5.56 Å². The maximum Gasteiger partial charge on any atom is 0.309 e. The van der Waals surface area contributed by atoms with E-state index in [1.54, 1.807) is 0 Å². The summed E-state index contributed by atoms with van der Waals surface area (Å²) < 4.78 is 5.11. The number of hydrogen-bond donors (Lipinski definition) is 1. The van der Waals surface area contributed by atoms with Crippen LogP contribution >= 0.6 is 0 Å². The second kappa shape index (κ2) is 8.51. The first-order valence-corrected chi connectivity index (χ1v) is 8.31. The lowest BCUT2D eigenvalue weighted by molar-refractivity contribution is -0.151. The molecule has 23 heavy (non-hydrogen) atoms. The summed E-state index contributed by atoms with van der Waals surface area (Å²) in [4.78, 5) is 23.7. The summed E-state index contributed by atoms with van der Waals surface area (Å²) in [6.45, 7) is 4.09. The first-order chi connectivity index (χ1) is 11.1. The van der Waals surface area contributed by atoms with Crippen LogP contribution in [0.1, 0.15) is 51.0 Å². The lowest BCUT2D eigenvalue weighted by Gasteiger charge is -2.16. The monoisotopic (exact) mass is 315 g/mol. The lowest BCUT2D eigenvalue weighted by atomic mass is 9.95. The Balaban J connectivity index is 1.78. The van der Waals surface area contributed by atoms with Crippen molar-refractivity contribution in [2.75, 3.05) is 11.9 Å². The number of anilines is 1. The van der Waals surface area contributed by atoms with Crippen molar-refractivity contribution in [3.63, 3.8) is 0 Å². The van der Waals surface area contributed by atoms with Crippen LogP contribution < -0.4 is 5.32 Å². The average molecular weight is 315 g/mol. The fourth-order valence-corrected chi connectivity index (χ4v) is 2.59. The van der Waals surface area contributed by atoms with Gasteiger partial charge in [0.15, 0.2) is 6.61 Å². The van der Waals surface area contributed by atoms with Gasteiger partial charge in [-0.05, 0) is 49.3 Å². The van der Waals surface area contributed by atoms with Crippen LogP contribution in [0.3, 0.4) is 0 Å². The van der Waals surface area contributed by atoms with Gasteiger partial charge in [0.05, 0.1) is 5.92 Å². The molecule has 1 aromatic carbocycles. The molecule has 124 valence electrons. The highest BCUT2D eigenvalue weighted by atomic mass is 16.5. The van der Waals surface area contributed by atoms with Gasteiger partial charge < -0.3 is 10.1 Å². The van der Waals surface area contributed by atoms with Crippen molar-refractivity contribution in [2.45, 2.75) is 45.4 Å². The summed E-state index contributed by atoms with van der Waals surface area (Å²) >= 11 is 0. The van der Waals surface area contributed by atoms with Crippen molar-refractivity contribution >= 4 is 17.6 Å². The quantitative estimate of drug-likeness (QED) is 0.637. The van der Waals surface area contributed by atoms with E-state index < -0.39 is 0 Å². The number of carbonyl (C=O) groups excluding carboxylic acids is 2. The Kier molecular flexibility index (Phi) is 6.39. The molecule has 0 bridgehead atoms. The van der Waals surface area contributed by atoms with Gasteiger partial charge in [-0.25, -0.2) is 0 Å². The Morgan fingerprint density at radius 3 is 2.61 bits per heavy atom. The minimum Gasteiger partial charge on any atom is -0.455 e. The smallest absolute Gasteiger partial charge is 0.309 e. The maximum absolute atomic E-state index is 11.9. The Morgan fingerprint density at radius 1 is 1.26 bits per heavy atom. The molecule has 4 nitrogen and oxygen atoms in total. The summed E-state index contributed by atoms with van der Waals surface area (Å²) in [5.74, 6) is -0.189. The molecule has 0 saturated carbocycles. The average Bonchev–Trinajstić information content (AvgIpc) is 2.60. The molecule has 2 atom stereocenters. The second-order valence-electron chi connectivity index (χ2n) is 6.07. The van der Waals surface area contributed by atoms with Crippen LogP contribution in [-0.4, -0.2) is 18.5 Å². The molecule has 0 radical (unpaired) electrons. The number of rotatable bonds is 6. The summed E-state index contributed by atoms with van der Waals surface area (Å²) in [6.07, 6.45) is 7.55. The van der Waals surface area contributed by atoms with E-state index in [2.05, 4.69) is 25.2 Å². The van der Waals surface area contributed by atoms with E-state index in [9.17, 15) is 9.59 Å². The maximum atomic E-state index is 11.9. The van der Waals surface area contributed by atoms with Gasteiger partial charge in [0.1, 0.15) is 0 Å². The number of amides is 1. The number of allylic oxidation sites excluding steroid dienone is 2. The molecule has 1 amide bonds. The zero-order valence-electron chi connectivity index (χ0n) is 13.9. The van der Waals surface area contributed by atoms with Crippen LogP contribution in [0.2, 0.25) is 0 Å². The molecule has 1 aromatic rings. The highest BCUT2D eigenvalue weighted by Gasteiger charge is 2.20. The van der Waals surface area contributed by atoms with Crippen molar-refractivity contribution in [3.8, 4) is 0 Å². The van der Waals surface area contributed by atoms with Gasteiger partial charge in [0, 0.05) is 5.69 Å². The minimum atomic E-state index is -0.305. The van der Waals surface area contributed by atoms with Gasteiger partial charge in [-0.15, -0.1) is 0 Å². The van der Waals surface area contributed by atoms with Gasteiger partial charge in [-0.3, -0.25) is 9.59 Å². The predicted octanol–water partition coefficient (Wildman–Crippen LogP) is 4.04. The molecule has 0 heterocycles. The summed E-state index contributed by atoms with van der Waals surface area (Å²) in [5, 5.41) is 2.75. The normalized spacial score (nSPS) is 18.3. The van der Waals surface area contributed by atoms with Gasteiger partial charge in [-0.1, -0.05) is 38.1 Å². The highest BCUT2D eigenvalue weighted by molar-refractivity contribution is 5.92. The third-order valence-corrected chi connectivity index (χ3v) is 4.32. The first kappa shape index (κ1) is 17.3. The van der Waals surface area contributed by atoms with E-state index in [4.69, 9.17) is 4.74 Å². The highest BCUT2D eigenvalue weighted by Crippen LogP contribution is 2.21. The zero-order valence-corrected chi connectivity index (χ0v) is 13.9. The summed E-state index contributed by atoms with van der Waals surface area (Å²) in [5.41, 5.74) is 1.97. The van der Waals surface area contributed by atoms with Crippen LogP contribution in [0.15, 0.2) is 36.4 Å². The molecule has 1 N–H and O–H groups in total. The number of ether oxygens (including phenoxy) is 1. The largest absolute Gasteiger partial charge is 0.455 e. The fraction of sp³-hybridized carbons (Fsp3) is 0.474. The Hall–Kier alpha value is -2.10. The van der Waals surface area contributed by atoms with Crippen LogP contribution in [0.5, 0.6) is 0 Å². The molecule has 0 spiro atoms. The Bertz CT molecular complexity index is 562. The first-order valence-electron chi connectivity index (χ1n) is 8.31. The lowest BCUT2D eigenvalue weighted by Crippen LogP contribution is -2.25. The molecule has 1 aliphatic rings. The number of benzene rings is 1. The molecular weight excluding hydrogens is 290 g/mol. The van der Waals surface area contributed by atoms with Crippen LogP contribution in [0.4, 0.5) is 5.69 Å². The van der Waals surface area contributed by atoms with Crippen molar-refractivity contribution in [3.05, 3.63) is 42.0 Å². The van der Waals surface area contributed by atoms with E-state index in [-0.39, 0.29) is 24.4 Å². The molecule has 1 aliphatic carbocycles. The van der Waals surface area contributed by atoms with Crippen LogP contribution in [0, 0.1) is 5.92 Å². The summed E-state index contributed by atoms with van der Waals surface area (Å²) in [6, 6.07) is 7.80. The van der Waals surface area contributed by atoms with Gasteiger partial charge in [-0.2, -0.15) is 0 Å². The summed E-state index contributed by atoms with van der Waals surface area (Å²) in [7, 11) is 0. The molecule has 2 rings (SSSR count). The predicted molar refractivity (Wildman–Crippen MR) is 91.2 cm³/mol. The molecule has 0 unspecified atom stereocenters. The van der Waals surface area contributed by atoms with Crippen molar-refractivity contribution in [2.24, 2.45) is 5.92 Å². The van der Waals surface area contributed by atoms with Crippen molar-refractivity contribution in [1.29, 1.82) is 0 Å². The number of nitrogens with one attached hydrogen (secondary N) is 1. The van der Waals surface area contributed by atoms with Gasteiger partial charge >= 0.3 is 5.97 Å². The SMILES string of the molecule is CC[C@@H](C)c1ccc(NC(=O)COC(=O)[C@@H]2CC=CCC2)cc1. The zero-order chi connectivity index (χ0) is 16.7. The molecule has 0 aliphatic heterocycles. The number of esters is 1. The standard InChI is InChI=1S/C19H25NO3/c1-3-14(2)15-9-11-17(12-10-15)20-18(21)13-23-19(22)16-7-5-4-6-8-16/h4-5,9-12,14,16H,3,6-8,13H2,1-2H3,(H,20,21)/t14-,16-/m1/s1. The van der Waals surface area contributed by atoms with Gasteiger partial charge in [0.2, 0.25) is 0 Å². The number of carbonyl (C=O) groups is 2. The fourth-order valence-electron chi connectivity index (χ4n) is 2.59. The molecule has 0 aromatic heterocycles. The van der Waals surface area contributed by atoms with Crippen molar-refractivity contribution in [1.82, 2.24) is 0 Å². The Morgan fingerprint density at radius 2 is 2.00 bits per heavy atom. The second-order valence-corrected chi connectivity index (χ2v) is 6.07. The van der Waals surface area contributed by atoms with Crippen LogP contribution in [0.25, 0.3) is 0 Å². The van der Waals surface area contributed by atoms with E-state index in [1.807, 2.05) is 30.3 Å². The third-order valence-electron chi connectivity index (χ3n) is 4.32. The molecule has 0 fully saturated rings.